The first-order valence-corrected chi connectivity index (χ1v) is 6.46. The second-order valence-electron chi connectivity index (χ2n) is 6.30. The van der Waals surface area contributed by atoms with Gasteiger partial charge in [0.2, 0.25) is 0 Å². The average Bonchev–Trinajstić information content (AvgIpc) is 2.88. The van der Waals surface area contributed by atoms with E-state index in [1.807, 2.05) is 18.7 Å². The average molecular weight is 269 g/mol. The number of hydrogen-bond acceptors (Lipinski definition) is 3. The first-order chi connectivity index (χ1) is 8.77. The molecule has 0 amide bonds. The van der Waals surface area contributed by atoms with E-state index in [-0.39, 0.29) is 12.0 Å². The van der Waals surface area contributed by atoms with Crippen molar-refractivity contribution in [3.8, 4) is 0 Å². The molecule has 2 fully saturated rings. The van der Waals surface area contributed by atoms with Crippen LogP contribution in [-0.4, -0.2) is 29.2 Å². The zero-order chi connectivity index (χ0) is 13.9. The minimum absolute atomic E-state index is 0.000108. The van der Waals surface area contributed by atoms with Gasteiger partial charge in [-0.25, -0.2) is 13.9 Å². The highest BCUT2D eigenvalue weighted by Crippen LogP contribution is 2.72. The molecule has 1 atom stereocenters. The summed E-state index contributed by atoms with van der Waals surface area (Å²) in [5.41, 5.74) is -1.57. The second kappa shape index (κ2) is 3.55. The normalized spacial score (nSPS) is 31.5. The highest BCUT2D eigenvalue weighted by molar-refractivity contribution is 5.39. The number of aromatic amines is 1. The van der Waals surface area contributed by atoms with Gasteiger partial charge in [0.25, 0.3) is 11.5 Å². The van der Waals surface area contributed by atoms with Gasteiger partial charge in [-0.2, -0.15) is 5.10 Å². The largest absolute Gasteiger partial charge is 0.355 e. The van der Waals surface area contributed by atoms with Crippen LogP contribution in [0.4, 0.5) is 14.6 Å². The molecule has 1 saturated carbocycles. The Morgan fingerprint density at radius 2 is 2.05 bits per heavy atom. The van der Waals surface area contributed by atoms with Gasteiger partial charge in [0.1, 0.15) is 5.82 Å². The van der Waals surface area contributed by atoms with Crippen LogP contribution >= 0.6 is 0 Å². The molecule has 2 aliphatic rings. The van der Waals surface area contributed by atoms with Crippen LogP contribution in [0.3, 0.4) is 0 Å². The number of H-pyrrole nitrogens is 1. The fourth-order valence-electron chi connectivity index (χ4n) is 3.42. The van der Waals surface area contributed by atoms with Crippen molar-refractivity contribution in [2.45, 2.75) is 32.6 Å². The number of alkyl halides is 2. The molecule has 6 heteroatoms. The second-order valence-corrected chi connectivity index (χ2v) is 6.30. The summed E-state index contributed by atoms with van der Waals surface area (Å²) in [4.78, 5) is 13.0. The minimum atomic E-state index is -2.53. The van der Waals surface area contributed by atoms with E-state index in [4.69, 9.17) is 0 Å². The Morgan fingerprint density at radius 1 is 1.37 bits per heavy atom. The lowest BCUT2D eigenvalue weighted by Crippen LogP contribution is -2.49. The highest BCUT2D eigenvalue weighted by Gasteiger charge is 2.77. The number of nitrogens with zero attached hydrogens (tertiary/aromatic N) is 2. The van der Waals surface area contributed by atoms with Crippen LogP contribution in [0, 0.1) is 10.8 Å². The lowest BCUT2D eigenvalue weighted by Gasteiger charge is -2.45. The Hall–Kier alpha value is -1.46. The number of halogens is 2. The van der Waals surface area contributed by atoms with E-state index in [0.717, 1.165) is 0 Å². The van der Waals surface area contributed by atoms with Gasteiger partial charge < -0.3 is 4.90 Å². The molecule has 4 nitrogen and oxygen atoms in total. The van der Waals surface area contributed by atoms with Gasteiger partial charge in [-0.3, -0.25) is 4.79 Å². The molecule has 1 spiro atoms. The summed E-state index contributed by atoms with van der Waals surface area (Å²) in [6, 6.07) is 3.05. The Morgan fingerprint density at radius 3 is 2.53 bits per heavy atom. The Kier molecular flexibility index (Phi) is 2.35. The molecular formula is C13H17F2N3O. The molecule has 0 aromatic carbocycles. The molecule has 1 aromatic rings. The summed E-state index contributed by atoms with van der Waals surface area (Å²) in [7, 11) is 0. The van der Waals surface area contributed by atoms with Gasteiger partial charge in [0, 0.05) is 31.0 Å². The number of piperidine rings is 1. The number of anilines is 1. The van der Waals surface area contributed by atoms with E-state index in [9.17, 15) is 13.6 Å². The predicted molar refractivity (Wildman–Crippen MR) is 67.5 cm³/mol. The van der Waals surface area contributed by atoms with Crippen LogP contribution in [0.1, 0.15) is 26.7 Å². The molecule has 1 saturated heterocycles. The summed E-state index contributed by atoms with van der Waals surface area (Å²) in [5, 5.41) is 6.35. The first-order valence-electron chi connectivity index (χ1n) is 6.46. The maximum Gasteiger partial charge on any atom is 0.264 e. The summed E-state index contributed by atoms with van der Waals surface area (Å²) in [6.07, 6.45) is 0.466. The third-order valence-corrected chi connectivity index (χ3v) is 4.78. The SMILES string of the molecule is CC1(C)CN(c2ccc(=O)[nH]n2)CCC12CC2(F)F. The van der Waals surface area contributed by atoms with Gasteiger partial charge in [-0.1, -0.05) is 13.8 Å². The zero-order valence-electron chi connectivity index (χ0n) is 11.0. The van der Waals surface area contributed by atoms with E-state index < -0.39 is 16.8 Å². The van der Waals surface area contributed by atoms with Crippen molar-refractivity contribution in [1.29, 1.82) is 0 Å². The van der Waals surface area contributed by atoms with Gasteiger partial charge >= 0.3 is 0 Å². The number of nitrogens with one attached hydrogen (secondary N) is 1. The third-order valence-electron chi connectivity index (χ3n) is 4.78. The smallest absolute Gasteiger partial charge is 0.264 e. The predicted octanol–water partition coefficient (Wildman–Crippen LogP) is 2.03. The number of hydrogen-bond donors (Lipinski definition) is 1. The van der Waals surface area contributed by atoms with Crippen molar-refractivity contribution in [3.05, 3.63) is 22.5 Å². The Balaban J connectivity index is 1.84. The summed E-state index contributed by atoms with van der Waals surface area (Å²) >= 11 is 0. The number of rotatable bonds is 1. The van der Waals surface area contributed by atoms with Crippen molar-refractivity contribution in [1.82, 2.24) is 10.2 Å². The van der Waals surface area contributed by atoms with Crippen molar-refractivity contribution in [3.63, 3.8) is 0 Å². The van der Waals surface area contributed by atoms with Crippen molar-refractivity contribution in [2.75, 3.05) is 18.0 Å². The van der Waals surface area contributed by atoms with Gasteiger partial charge in [-0.15, -0.1) is 0 Å². The molecular weight excluding hydrogens is 252 g/mol. The lowest BCUT2D eigenvalue weighted by molar-refractivity contribution is -0.00390. The van der Waals surface area contributed by atoms with Gasteiger partial charge in [0.15, 0.2) is 0 Å². The summed E-state index contributed by atoms with van der Waals surface area (Å²) in [6.45, 7) is 4.87. The topological polar surface area (TPSA) is 49.0 Å². The zero-order valence-corrected chi connectivity index (χ0v) is 11.0. The lowest BCUT2D eigenvalue weighted by atomic mass is 9.70. The fraction of sp³-hybridized carbons (Fsp3) is 0.692. The van der Waals surface area contributed by atoms with E-state index in [0.29, 0.717) is 25.3 Å². The minimum Gasteiger partial charge on any atom is -0.355 e. The summed E-state index contributed by atoms with van der Waals surface area (Å²) < 4.78 is 27.3. The standard InChI is InChI=1S/C13H17F2N3O/c1-11(2)8-18(9-3-4-10(19)17-16-9)6-5-12(11)7-13(12,14)15/h3-4H,5-8H2,1-2H3,(H,17,19). The van der Waals surface area contributed by atoms with Crippen LogP contribution in [-0.2, 0) is 0 Å². The van der Waals surface area contributed by atoms with E-state index >= 15 is 0 Å². The molecule has 19 heavy (non-hydrogen) atoms. The molecule has 104 valence electrons. The van der Waals surface area contributed by atoms with Crippen LogP contribution in [0.25, 0.3) is 0 Å². The molecule has 0 bridgehead atoms. The van der Waals surface area contributed by atoms with E-state index in [2.05, 4.69) is 10.2 Å². The highest BCUT2D eigenvalue weighted by atomic mass is 19.3. The third kappa shape index (κ3) is 1.69. The molecule has 1 aliphatic carbocycles. The first kappa shape index (κ1) is 12.6. The fourth-order valence-corrected chi connectivity index (χ4v) is 3.42. The Labute approximate surface area is 109 Å². The molecule has 1 N–H and O–H groups in total. The molecule has 1 aliphatic heterocycles. The van der Waals surface area contributed by atoms with Crippen molar-refractivity contribution >= 4 is 5.82 Å². The van der Waals surface area contributed by atoms with Crippen LogP contribution in [0.5, 0.6) is 0 Å². The van der Waals surface area contributed by atoms with Crippen LogP contribution in [0.2, 0.25) is 0 Å². The molecule has 0 radical (unpaired) electrons. The van der Waals surface area contributed by atoms with Crippen molar-refractivity contribution < 1.29 is 8.78 Å². The van der Waals surface area contributed by atoms with E-state index in [1.165, 1.54) is 6.07 Å². The summed E-state index contributed by atoms with van der Waals surface area (Å²) in [5.74, 6) is -1.88. The van der Waals surface area contributed by atoms with Gasteiger partial charge in [-0.05, 0) is 17.9 Å². The number of aromatic nitrogens is 2. The monoisotopic (exact) mass is 269 g/mol. The van der Waals surface area contributed by atoms with Gasteiger partial charge in [0.05, 0.1) is 0 Å². The van der Waals surface area contributed by atoms with Crippen LogP contribution in [0.15, 0.2) is 16.9 Å². The van der Waals surface area contributed by atoms with Crippen molar-refractivity contribution in [2.24, 2.45) is 10.8 Å². The maximum absolute atomic E-state index is 13.7. The molecule has 1 unspecified atom stereocenters. The quantitative estimate of drug-likeness (QED) is 0.848. The molecule has 3 rings (SSSR count). The maximum atomic E-state index is 13.7. The van der Waals surface area contributed by atoms with Crippen LogP contribution < -0.4 is 10.5 Å². The molecule has 1 aromatic heterocycles. The Bertz CT molecular complexity index is 549. The van der Waals surface area contributed by atoms with E-state index in [1.54, 1.807) is 6.07 Å². The molecule has 2 heterocycles.